The average molecular weight is 187 g/mol. The van der Waals surface area contributed by atoms with Crippen molar-refractivity contribution < 1.29 is 13.2 Å². The van der Waals surface area contributed by atoms with Crippen molar-refractivity contribution in [2.45, 2.75) is 18.8 Å². The Morgan fingerprint density at radius 1 is 1.31 bits per heavy atom. The molecule has 0 bridgehead atoms. The maximum Gasteiger partial charge on any atom is 0.251 e. The van der Waals surface area contributed by atoms with Crippen molar-refractivity contribution >= 4 is 5.88 Å². The monoisotopic (exact) mass is 187 g/mol. The first-order valence-corrected chi connectivity index (χ1v) is 4.34. The van der Waals surface area contributed by atoms with Crippen molar-refractivity contribution in [2.24, 2.45) is 0 Å². The lowest BCUT2D eigenvalue weighted by Gasteiger charge is -2.31. The Hall–Kier alpha value is -1.06. The second-order valence-electron chi connectivity index (χ2n) is 3.29. The summed E-state index contributed by atoms with van der Waals surface area (Å²) in [5, 5.41) is 0. The number of rotatable bonds is 1. The summed E-state index contributed by atoms with van der Waals surface area (Å²) < 4.78 is 30.6. The first kappa shape index (κ1) is 8.53. The van der Waals surface area contributed by atoms with Gasteiger partial charge in [-0.2, -0.15) is 0 Å². The highest BCUT2D eigenvalue weighted by Gasteiger charge is 2.34. The molecule has 0 radical (unpaired) electrons. The van der Waals surface area contributed by atoms with Crippen LogP contribution in [0.4, 0.5) is 14.7 Å². The van der Waals surface area contributed by atoms with Crippen LogP contribution in [-0.4, -0.2) is 19.0 Å². The second-order valence-corrected chi connectivity index (χ2v) is 3.29. The van der Waals surface area contributed by atoms with Gasteiger partial charge in [0.25, 0.3) is 5.92 Å². The second kappa shape index (κ2) is 3.01. The Labute approximate surface area is 75.1 Å². The fourth-order valence-corrected chi connectivity index (χ4v) is 1.50. The summed E-state index contributed by atoms with van der Waals surface area (Å²) in [4.78, 5) is 1.84. The zero-order valence-corrected chi connectivity index (χ0v) is 7.17. The van der Waals surface area contributed by atoms with Gasteiger partial charge in [0, 0.05) is 32.0 Å². The number of hydrogen-bond donors (Lipinski definition) is 0. The highest BCUT2D eigenvalue weighted by molar-refractivity contribution is 5.35. The van der Waals surface area contributed by atoms with Gasteiger partial charge in [-0.15, -0.1) is 0 Å². The van der Waals surface area contributed by atoms with Crippen molar-refractivity contribution in [2.75, 3.05) is 18.0 Å². The minimum absolute atomic E-state index is 0.0757. The van der Waals surface area contributed by atoms with Crippen molar-refractivity contribution in [3.05, 3.63) is 18.4 Å². The van der Waals surface area contributed by atoms with E-state index in [1.54, 1.807) is 18.4 Å². The molecular weight excluding hydrogens is 176 g/mol. The Morgan fingerprint density at radius 2 is 2.00 bits per heavy atom. The van der Waals surface area contributed by atoms with Gasteiger partial charge in [-0.1, -0.05) is 0 Å². The Bertz CT molecular complexity index is 261. The third-order valence-corrected chi connectivity index (χ3v) is 2.31. The highest BCUT2D eigenvalue weighted by Crippen LogP contribution is 2.30. The molecule has 0 atom stereocenters. The van der Waals surface area contributed by atoms with E-state index in [-0.39, 0.29) is 12.8 Å². The molecule has 0 amide bonds. The van der Waals surface area contributed by atoms with Crippen molar-refractivity contribution in [1.29, 1.82) is 0 Å². The van der Waals surface area contributed by atoms with Crippen LogP contribution < -0.4 is 4.90 Å². The SMILES string of the molecule is FC1(F)CCN(c2ccco2)CC1. The lowest BCUT2D eigenvalue weighted by Crippen LogP contribution is -2.39. The van der Waals surface area contributed by atoms with Gasteiger partial charge in [-0.05, 0) is 6.07 Å². The summed E-state index contributed by atoms with van der Waals surface area (Å²) in [6.07, 6.45) is 1.41. The molecular formula is C9H11F2NO. The molecule has 0 aliphatic carbocycles. The molecule has 2 heterocycles. The third kappa shape index (κ3) is 1.82. The number of alkyl halides is 2. The van der Waals surface area contributed by atoms with Crippen molar-refractivity contribution in [1.82, 2.24) is 0 Å². The van der Waals surface area contributed by atoms with Crippen LogP contribution in [0.2, 0.25) is 0 Å². The van der Waals surface area contributed by atoms with Crippen LogP contribution in [0, 0.1) is 0 Å². The standard InChI is InChI=1S/C9H11F2NO/c10-9(11)3-5-12(6-4-9)8-2-1-7-13-8/h1-2,7H,3-6H2. The van der Waals surface area contributed by atoms with Crippen LogP contribution >= 0.6 is 0 Å². The molecule has 2 rings (SSSR count). The van der Waals surface area contributed by atoms with E-state index in [4.69, 9.17) is 4.42 Å². The fourth-order valence-electron chi connectivity index (χ4n) is 1.50. The summed E-state index contributed by atoms with van der Waals surface area (Å²) in [5.41, 5.74) is 0. The largest absolute Gasteiger partial charge is 0.449 e. The predicted molar refractivity (Wildman–Crippen MR) is 45.1 cm³/mol. The molecule has 1 saturated heterocycles. The summed E-state index contributed by atoms with van der Waals surface area (Å²) in [6, 6.07) is 3.56. The number of furan rings is 1. The van der Waals surface area contributed by atoms with Gasteiger partial charge >= 0.3 is 0 Å². The zero-order chi connectivity index (χ0) is 9.31. The van der Waals surface area contributed by atoms with Gasteiger partial charge in [0.05, 0.1) is 6.26 Å². The molecule has 1 aliphatic rings. The van der Waals surface area contributed by atoms with Gasteiger partial charge in [-0.3, -0.25) is 0 Å². The van der Waals surface area contributed by atoms with Gasteiger partial charge in [-0.25, -0.2) is 8.78 Å². The molecule has 72 valence electrons. The minimum Gasteiger partial charge on any atom is -0.449 e. The quantitative estimate of drug-likeness (QED) is 0.671. The van der Waals surface area contributed by atoms with E-state index in [9.17, 15) is 8.78 Å². The minimum atomic E-state index is -2.48. The van der Waals surface area contributed by atoms with Crippen LogP contribution in [0.25, 0.3) is 0 Å². The Kier molecular flexibility index (Phi) is 1.98. The predicted octanol–water partition coefficient (Wildman–Crippen LogP) is 2.52. The van der Waals surface area contributed by atoms with E-state index < -0.39 is 5.92 Å². The molecule has 0 unspecified atom stereocenters. The molecule has 1 aliphatic heterocycles. The van der Waals surface area contributed by atoms with E-state index in [0.717, 1.165) is 0 Å². The number of piperidine rings is 1. The first-order chi connectivity index (χ1) is 6.17. The number of hydrogen-bond acceptors (Lipinski definition) is 2. The Morgan fingerprint density at radius 3 is 2.54 bits per heavy atom. The van der Waals surface area contributed by atoms with Crippen molar-refractivity contribution in [3.63, 3.8) is 0 Å². The fraction of sp³-hybridized carbons (Fsp3) is 0.556. The molecule has 0 aromatic carbocycles. The maximum atomic E-state index is 12.8. The lowest BCUT2D eigenvalue weighted by molar-refractivity contribution is -0.0225. The van der Waals surface area contributed by atoms with Gasteiger partial charge in [0.15, 0.2) is 5.88 Å². The maximum absolute atomic E-state index is 12.8. The molecule has 1 aromatic rings. The van der Waals surface area contributed by atoms with E-state index in [1.807, 2.05) is 4.90 Å². The summed E-state index contributed by atoms with van der Waals surface area (Å²) in [7, 11) is 0. The summed E-state index contributed by atoms with van der Waals surface area (Å²) >= 11 is 0. The van der Waals surface area contributed by atoms with Crippen molar-refractivity contribution in [3.8, 4) is 0 Å². The van der Waals surface area contributed by atoms with E-state index >= 15 is 0 Å². The normalized spacial score (nSPS) is 21.8. The van der Waals surface area contributed by atoms with Crippen LogP contribution in [-0.2, 0) is 0 Å². The molecule has 4 heteroatoms. The number of halogens is 2. The third-order valence-electron chi connectivity index (χ3n) is 2.31. The van der Waals surface area contributed by atoms with Crippen LogP contribution in [0.1, 0.15) is 12.8 Å². The van der Waals surface area contributed by atoms with Crippen LogP contribution in [0.15, 0.2) is 22.8 Å². The summed E-state index contributed by atoms with van der Waals surface area (Å²) in [5.74, 6) is -1.79. The van der Waals surface area contributed by atoms with E-state index in [1.165, 1.54) is 0 Å². The Balaban J connectivity index is 1.99. The molecule has 0 spiro atoms. The number of anilines is 1. The molecule has 0 saturated carbocycles. The first-order valence-electron chi connectivity index (χ1n) is 4.34. The van der Waals surface area contributed by atoms with E-state index in [0.29, 0.717) is 19.0 Å². The smallest absolute Gasteiger partial charge is 0.251 e. The number of nitrogens with zero attached hydrogens (tertiary/aromatic N) is 1. The van der Waals surface area contributed by atoms with Gasteiger partial charge in [0.2, 0.25) is 0 Å². The zero-order valence-electron chi connectivity index (χ0n) is 7.17. The topological polar surface area (TPSA) is 16.4 Å². The molecule has 0 N–H and O–H groups in total. The van der Waals surface area contributed by atoms with E-state index in [2.05, 4.69) is 0 Å². The molecule has 1 aromatic heterocycles. The molecule has 2 nitrogen and oxygen atoms in total. The average Bonchev–Trinajstić information content (AvgIpc) is 2.56. The molecule has 13 heavy (non-hydrogen) atoms. The van der Waals surface area contributed by atoms with Crippen LogP contribution in [0.5, 0.6) is 0 Å². The van der Waals surface area contributed by atoms with Crippen LogP contribution in [0.3, 0.4) is 0 Å². The molecule has 1 fully saturated rings. The lowest BCUT2D eigenvalue weighted by atomic mass is 10.1. The highest BCUT2D eigenvalue weighted by atomic mass is 19.3. The van der Waals surface area contributed by atoms with Gasteiger partial charge in [0.1, 0.15) is 0 Å². The van der Waals surface area contributed by atoms with Gasteiger partial charge < -0.3 is 9.32 Å². The summed E-state index contributed by atoms with van der Waals surface area (Å²) in [6.45, 7) is 0.751.